The predicted molar refractivity (Wildman–Crippen MR) is 229 cm³/mol. The van der Waals surface area contributed by atoms with E-state index < -0.39 is 0 Å². The molecule has 0 saturated carbocycles. The lowest BCUT2D eigenvalue weighted by Crippen LogP contribution is -2.55. The van der Waals surface area contributed by atoms with Gasteiger partial charge in [-0.2, -0.15) is 0 Å². The number of hydrogen-bond acceptors (Lipinski definition) is 2. The summed E-state index contributed by atoms with van der Waals surface area (Å²) in [7, 11) is 0. The Balaban J connectivity index is 1.27. The van der Waals surface area contributed by atoms with Crippen molar-refractivity contribution in [1.29, 1.82) is 0 Å². The van der Waals surface area contributed by atoms with Crippen molar-refractivity contribution in [2.75, 3.05) is 0 Å². The van der Waals surface area contributed by atoms with Crippen molar-refractivity contribution in [2.24, 2.45) is 0 Å². The first-order valence-corrected chi connectivity index (χ1v) is 19.9. The van der Waals surface area contributed by atoms with Gasteiger partial charge in [0.1, 0.15) is 0 Å². The molecule has 0 bridgehead atoms. The van der Waals surface area contributed by atoms with E-state index in [1.807, 2.05) is 23.5 Å². The quantitative estimate of drug-likeness (QED) is 0.159. The summed E-state index contributed by atoms with van der Waals surface area (Å²) in [6, 6.07) is 50.6. The van der Waals surface area contributed by atoms with Gasteiger partial charge in [-0.15, -0.1) is 0 Å². The van der Waals surface area contributed by atoms with Crippen LogP contribution in [0.4, 0.5) is 0 Å². The topological polar surface area (TPSA) is 0 Å². The van der Waals surface area contributed by atoms with Crippen molar-refractivity contribution >= 4 is 69.7 Å². The van der Waals surface area contributed by atoms with Gasteiger partial charge >= 0.3 is 0 Å². The molecule has 0 aromatic heterocycles. The van der Waals surface area contributed by atoms with E-state index in [2.05, 4.69) is 175 Å². The molecule has 2 heterocycles. The molecular formula is C48H40B2S2. The fraction of sp³-hybridized carbons (Fsp3) is 0.125. The molecule has 0 saturated heterocycles. The van der Waals surface area contributed by atoms with Crippen molar-refractivity contribution in [1.82, 2.24) is 0 Å². The van der Waals surface area contributed by atoms with E-state index in [0.29, 0.717) is 0 Å². The van der Waals surface area contributed by atoms with Crippen LogP contribution < -0.4 is 32.8 Å². The fourth-order valence-electron chi connectivity index (χ4n) is 9.25. The molecule has 0 unspecified atom stereocenters. The second-order valence-electron chi connectivity index (χ2n) is 14.8. The molecule has 250 valence electrons. The number of hydrogen-bond donors (Lipinski definition) is 0. The van der Waals surface area contributed by atoms with Crippen LogP contribution >= 0.6 is 23.5 Å². The Kier molecular flexibility index (Phi) is 8.37. The molecule has 0 radical (unpaired) electrons. The van der Waals surface area contributed by atoms with Crippen LogP contribution in [0.15, 0.2) is 153 Å². The molecular weight excluding hydrogens is 662 g/mol. The molecule has 9 rings (SSSR count). The molecule has 0 spiro atoms. The van der Waals surface area contributed by atoms with Crippen LogP contribution in [0.3, 0.4) is 0 Å². The van der Waals surface area contributed by atoms with Gasteiger partial charge in [0.15, 0.2) is 0 Å². The van der Waals surface area contributed by atoms with E-state index in [1.165, 1.54) is 108 Å². The Morgan fingerprint density at radius 2 is 0.692 bits per heavy atom. The van der Waals surface area contributed by atoms with Gasteiger partial charge < -0.3 is 0 Å². The zero-order valence-electron chi connectivity index (χ0n) is 30.7. The molecule has 52 heavy (non-hydrogen) atoms. The van der Waals surface area contributed by atoms with Crippen LogP contribution in [0.5, 0.6) is 0 Å². The van der Waals surface area contributed by atoms with Gasteiger partial charge in [-0.3, -0.25) is 0 Å². The molecule has 0 aliphatic carbocycles. The number of rotatable bonds is 6. The summed E-state index contributed by atoms with van der Waals surface area (Å²) in [5.41, 5.74) is 22.2. The molecule has 2 aliphatic rings. The lowest BCUT2D eigenvalue weighted by Gasteiger charge is -2.21. The molecule has 7 aromatic rings. The fourth-order valence-corrected chi connectivity index (χ4v) is 11.0. The highest BCUT2D eigenvalue weighted by Crippen LogP contribution is 2.36. The van der Waals surface area contributed by atoms with Gasteiger partial charge in [0.25, 0.3) is 0 Å². The van der Waals surface area contributed by atoms with Gasteiger partial charge in [-0.25, -0.2) is 0 Å². The Hall–Kier alpha value is -4.63. The first-order valence-electron chi connectivity index (χ1n) is 18.3. The maximum absolute atomic E-state index is 2.62. The second kappa shape index (κ2) is 13.1. The summed E-state index contributed by atoms with van der Waals surface area (Å²) in [5.74, 6) is 0. The summed E-state index contributed by atoms with van der Waals surface area (Å²) in [5, 5.41) is 0. The third-order valence-electron chi connectivity index (χ3n) is 11.1. The zero-order chi connectivity index (χ0) is 35.7. The van der Waals surface area contributed by atoms with Gasteiger partial charge in [-0.05, 0) is 106 Å². The average molecular weight is 703 g/mol. The number of aryl methyl sites for hydroxylation is 6. The summed E-state index contributed by atoms with van der Waals surface area (Å²) < 4.78 is 0. The van der Waals surface area contributed by atoms with Gasteiger partial charge in [0.05, 0.1) is 0 Å². The maximum Gasteiger partial charge on any atom is 0.243 e. The van der Waals surface area contributed by atoms with E-state index in [-0.39, 0.29) is 13.4 Å². The number of benzene rings is 7. The van der Waals surface area contributed by atoms with Crippen LogP contribution in [0.25, 0.3) is 22.3 Å². The summed E-state index contributed by atoms with van der Waals surface area (Å²) in [6.07, 6.45) is 0. The van der Waals surface area contributed by atoms with E-state index >= 15 is 0 Å². The van der Waals surface area contributed by atoms with Crippen LogP contribution in [0, 0.1) is 41.5 Å². The zero-order valence-corrected chi connectivity index (χ0v) is 32.3. The molecule has 0 amide bonds. The highest BCUT2D eigenvalue weighted by molar-refractivity contribution is 7.99. The minimum Gasteiger partial charge on any atom is -0.0901 e. The van der Waals surface area contributed by atoms with Crippen molar-refractivity contribution in [3.63, 3.8) is 0 Å². The Morgan fingerprint density at radius 1 is 0.327 bits per heavy atom. The van der Waals surface area contributed by atoms with Crippen LogP contribution in [-0.2, 0) is 0 Å². The molecule has 0 N–H and O–H groups in total. The Morgan fingerprint density at radius 3 is 1.08 bits per heavy atom. The Labute approximate surface area is 318 Å². The van der Waals surface area contributed by atoms with E-state index in [0.717, 1.165) is 0 Å². The molecule has 7 aromatic carbocycles. The standard InChI is InChI=1S/C48H40B2S2/c1-29-21-31(3)47(32(4)22-29)49-43-25-37(51-35-13-9-7-10-14-35)17-19-39(43)41-27-42-40-20-18-38(52-36-15-11-8-12-16-36)26-44(40)50(46(42)28-45(41)49)48-33(5)23-30(2)24-34(48)6/h7-28H,1-6H3. The summed E-state index contributed by atoms with van der Waals surface area (Å²) in [6.45, 7) is 14.0. The van der Waals surface area contributed by atoms with Crippen molar-refractivity contribution in [2.45, 2.75) is 61.1 Å². The average Bonchev–Trinajstić information content (AvgIpc) is 3.58. The summed E-state index contributed by atoms with van der Waals surface area (Å²) in [4.78, 5) is 5.11. The minimum atomic E-state index is 0.168. The molecule has 4 heteroatoms. The lowest BCUT2D eigenvalue weighted by molar-refractivity contribution is 1.35. The highest BCUT2D eigenvalue weighted by Gasteiger charge is 2.41. The number of fused-ring (bicyclic) bond motifs is 6. The van der Waals surface area contributed by atoms with Crippen LogP contribution in [-0.4, -0.2) is 13.4 Å². The SMILES string of the molecule is Cc1cc(C)c(B2c3cc(Sc4ccccc4)ccc3-c3cc4c(cc32)B(c2c(C)cc(C)cc2C)c2cc(Sc3ccccc3)ccc2-4)c(C)c1. The van der Waals surface area contributed by atoms with Gasteiger partial charge in [0.2, 0.25) is 13.4 Å². The highest BCUT2D eigenvalue weighted by atomic mass is 32.2. The van der Waals surface area contributed by atoms with Crippen molar-refractivity contribution < 1.29 is 0 Å². The third kappa shape index (κ3) is 5.68. The lowest BCUT2D eigenvalue weighted by atomic mass is 9.34. The summed E-state index contributed by atoms with van der Waals surface area (Å²) >= 11 is 3.71. The monoisotopic (exact) mass is 702 g/mol. The first-order chi connectivity index (χ1) is 25.2. The minimum absolute atomic E-state index is 0.168. The molecule has 0 fully saturated rings. The molecule has 0 nitrogen and oxygen atoms in total. The van der Waals surface area contributed by atoms with Gasteiger partial charge in [-0.1, -0.05) is 181 Å². The van der Waals surface area contributed by atoms with Crippen molar-refractivity contribution in [3.8, 4) is 22.3 Å². The predicted octanol–water partition coefficient (Wildman–Crippen LogP) is 8.83. The largest absolute Gasteiger partial charge is 0.243 e. The molecule has 0 atom stereocenters. The van der Waals surface area contributed by atoms with Gasteiger partial charge in [0, 0.05) is 19.6 Å². The third-order valence-corrected chi connectivity index (χ3v) is 13.1. The second-order valence-corrected chi connectivity index (χ2v) is 17.1. The van der Waals surface area contributed by atoms with E-state index in [1.54, 1.807) is 0 Å². The van der Waals surface area contributed by atoms with Crippen LogP contribution in [0.1, 0.15) is 33.4 Å². The van der Waals surface area contributed by atoms with Crippen LogP contribution in [0.2, 0.25) is 0 Å². The first kappa shape index (κ1) is 33.2. The smallest absolute Gasteiger partial charge is 0.0901 e. The Bertz CT molecular complexity index is 2320. The normalized spacial score (nSPS) is 12.5. The van der Waals surface area contributed by atoms with E-state index in [9.17, 15) is 0 Å². The molecule has 2 aliphatic heterocycles. The van der Waals surface area contributed by atoms with Crippen molar-refractivity contribution in [3.05, 3.63) is 167 Å². The van der Waals surface area contributed by atoms with E-state index in [4.69, 9.17) is 0 Å². The maximum atomic E-state index is 2.62.